The van der Waals surface area contributed by atoms with E-state index < -0.39 is 0 Å². The summed E-state index contributed by atoms with van der Waals surface area (Å²) in [5.41, 5.74) is 7.13. The fourth-order valence-corrected chi connectivity index (χ4v) is 3.59. The highest BCUT2D eigenvalue weighted by atomic mass is 15.1. The van der Waals surface area contributed by atoms with E-state index in [2.05, 4.69) is 25.7 Å². The first kappa shape index (κ1) is 14.3. The lowest BCUT2D eigenvalue weighted by atomic mass is 9.70. The van der Waals surface area contributed by atoms with E-state index in [1.165, 1.54) is 58.2 Å². The van der Waals surface area contributed by atoms with Crippen molar-refractivity contribution < 1.29 is 0 Å². The average molecular weight is 252 g/mol. The molecule has 0 unspecified atom stereocenters. The fourth-order valence-electron chi connectivity index (χ4n) is 3.59. The molecule has 1 aliphatic heterocycles. The van der Waals surface area contributed by atoms with Crippen LogP contribution in [0.15, 0.2) is 0 Å². The van der Waals surface area contributed by atoms with Gasteiger partial charge in [-0.1, -0.05) is 33.6 Å². The molecule has 1 heterocycles. The Hall–Kier alpha value is -0.0800. The van der Waals surface area contributed by atoms with Crippen LogP contribution in [-0.2, 0) is 0 Å². The zero-order valence-electron chi connectivity index (χ0n) is 12.7. The van der Waals surface area contributed by atoms with E-state index in [1.807, 2.05) is 0 Å². The van der Waals surface area contributed by atoms with Crippen LogP contribution in [0.1, 0.15) is 59.3 Å². The molecule has 1 aliphatic carbocycles. The van der Waals surface area contributed by atoms with Crippen LogP contribution >= 0.6 is 0 Å². The van der Waals surface area contributed by atoms with Gasteiger partial charge in [-0.2, -0.15) is 0 Å². The minimum absolute atomic E-state index is 0.438. The molecule has 2 heteroatoms. The van der Waals surface area contributed by atoms with Gasteiger partial charge in [0.1, 0.15) is 0 Å². The van der Waals surface area contributed by atoms with Crippen molar-refractivity contribution in [3.8, 4) is 0 Å². The van der Waals surface area contributed by atoms with Gasteiger partial charge in [-0.25, -0.2) is 0 Å². The number of nitrogens with two attached hydrogens (primary N) is 1. The zero-order valence-corrected chi connectivity index (χ0v) is 12.7. The van der Waals surface area contributed by atoms with Crippen molar-refractivity contribution in [1.82, 2.24) is 4.90 Å². The van der Waals surface area contributed by atoms with Gasteiger partial charge in [0.15, 0.2) is 0 Å². The van der Waals surface area contributed by atoms with E-state index >= 15 is 0 Å². The van der Waals surface area contributed by atoms with Gasteiger partial charge in [-0.3, -0.25) is 0 Å². The van der Waals surface area contributed by atoms with E-state index in [-0.39, 0.29) is 0 Å². The zero-order chi connectivity index (χ0) is 13.2. The van der Waals surface area contributed by atoms with E-state index in [0.29, 0.717) is 10.8 Å². The van der Waals surface area contributed by atoms with Gasteiger partial charge in [0.2, 0.25) is 0 Å². The molecule has 0 aromatic rings. The number of hydrogen-bond acceptors (Lipinski definition) is 2. The molecule has 2 N–H and O–H groups in total. The van der Waals surface area contributed by atoms with Gasteiger partial charge in [-0.15, -0.1) is 0 Å². The predicted molar refractivity (Wildman–Crippen MR) is 78.6 cm³/mol. The summed E-state index contributed by atoms with van der Waals surface area (Å²) in [5.74, 6) is 0.921. The van der Waals surface area contributed by atoms with Crippen molar-refractivity contribution in [1.29, 1.82) is 0 Å². The molecule has 0 atom stereocenters. The van der Waals surface area contributed by atoms with Crippen LogP contribution in [0.5, 0.6) is 0 Å². The molecule has 18 heavy (non-hydrogen) atoms. The van der Waals surface area contributed by atoms with E-state index in [9.17, 15) is 0 Å². The van der Waals surface area contributed by atoms with E-state index in [1.54, 1.807) is 0 Å². The highest BCUT2D eigenvalue weighted by Gasteiger charge is 2.36. The Morgan fingerprint density at radius 2 is 1.61 bits per heavy atom. The topological polar surface area (TPSA) is 29.3 Å². The summed E-state index contributed by atoms with van der Waals surface area (Å²) >= 11 is 0. The molecule has 0 aromatic heterocycles. The van der Waals surface area contributed by atoms with E-state index in [0.717, 1.165) is 12.5 Å². The molecule has 0 amide bonds. The fraction of sp³-hybridized carbons (Fsp3) is 1.00. The number of rotatable bonds is 3. The monoisotopic (exact) mass is 252 g/mol. The first-order valence-electron chi connectivity index (χ1n) is 7.87. The Kier molecular flexibility index (Phi) is 4.38. The third kappa shape index (κ3) is 3.48. The van der Waals surface area contributed by atoms with Gasteiger partial charge in [-0.05, 0) is 62.1 Å². The Labute approximate surface area is 113 Å². The third-order valence-corrected chi connectivity index (χ3v) is 5.54. The van der Waals surface area contributed by atoms with Crippen LogP contribution in [0.4, 0.5) is 0 Å². The summed E-state index contributed by atoms with van der Waals surface area (Å²) in [6.07, 6.45) is 8.18. The Bertz CT molecular complexity index is 254. The molecule has 0 bridgehead atoms. The highest BCUT2D eigenvalue weighted by molar-refractivity contribution is 4.90. The lowest BCUT2D eigenvalue weighted by Gasteiger charge is -2.45. The minimum atomic E-state index is 0.438. The molecule has 2 aliphatic rings. The summed E-state index contributed by atoms with van der Waals surface area (Å²) in [6, 6.07) is 0. The van der Waals surface area contributed by atoms with Crippen LogP contribution in [0.25, 0.3) is 0 Å². The van der Waals surface area contributed by atoms with Gasteiger partial charge >= 0.3 is 0 Å². The van der Waals surface area contributed by atoms with Gasteiger partial charge < -0.3 is 10.6 Å². The maximum atomic E-state index is 6.13. The molecule has 1 saturated heterocycles. The van der Waals surface area contributed by atoms with Gasteiger partial charge in [0.25, 0.3) is 0 Å². The molecule has 106 valence electrons. The Balaban J connectivity index is 1.87. The van der Waals surface area contributed by atoms with Crippen molar-refractivity contribution in [3.63, 3.8) is 0 Å². The van der Waals surface area contributed by atoms with Crippen molar-refractivity contribution in [3.05, 3.63) is 0 Å². The predicted octanol–water partition coefficient (Wildman–Crippen LogP) is 3.26. The van der Waals surface area contributed by atoms with Gasteiger partial charge in [0, 0.05) is 6.54 Å². The molecular weight excluding hydrogens is 220 g/mol. The second-order valence-electron chi connectivity index (χ2n) is 7.83. The normalized spacial score (nSPS) is 37.7. The molecule has 2 fully saturated rings. The molecule has 1 saturated carbocycles. The minimum Gasteiger partial charge on any atom is -0.330 e. The molecular formula is C16H32N2. The number of piperidine rings is 1. The summed E-state index contributed by atoms with van der Waals surface area (Å²) in [7, 11) is 0. The van der Waals surface area contributed by atoms with Crippen LogP contribution in [-0.4, -0.2) is 31.1 Å². The second-order valence-corrected chi connectivity index (χ2v) is 7.83. The first-order chi connectivity index (χ1) is 8.45. The van der Waals surface area contributed by atoms with Crippen molar-refractivity contribution in [2.24, 2.45) is 22.5 Å². The quantitative estimate of drug-likeness (QED) is 0.835. The van der Waals surface area contributed by atoms with Gasteiger partial charge in [0.05, 0.1) is 0 Å². The molecule has 0 aromatic carbocycles. The van der Waals surface area contributed by atoms with Crippen LogP contribution in [0, 0.1) is 16.7 Å². The maximum absolute atomic E-state index is 6.13. The molecule has 0 radical (unpaired) electrons. The van der Waals surface area contributed by atoms with Crippen LogP contribution in [0.3, 0.4) is 0 Å². The smallest absolute Gasteiger partial charge is 0.00501 e. The standard InChI is InChI=1S/C16H32N2/c1-14-4-6-16(12-17,7-5-14)13-18-10-8-15(2,3)9-11-18/h14H,4-13,17H2,1-3H3. The number of hydrogen-bond donors (Lipinski definition) is 1. The lowest BCUT2D eigenvalue weighted by molar-refractivity contribution is 0.0562. The summed E-state index contributed by atoms with van der Waals surface area (Å²) in [5, 5.41) is 0. The van der Waals surface area contributed by atoms with E-state index in [4.69, 9.17) is 5.73 Å². The average Bonchev–Trinajstić information content (AvgIpc) is 2.35. The van der Waals surface area contributed by atoms with Crippen molar-refractivity contribution in [2.45, 2.75) is 59.3 Å². The van der Waals surface area contributed by atoms with Crippen LogP contribution in [0.2, 0.25) is 0 Å². The SMILES string of the molecule is CC1CCC(CN)(CN2CCC(C)(C)CC2)CC1. The highest BCUT2D eigenvalue weighted by Crippen LogP contribution is 2.40. The summed E-state index contributed by atoms with van der Waals surface area (Å²) in [6.45, 7) is 11.9. The molecule has 2 rings (SSSR count). The number of likely N-dealkylation sites (tertiary alicyclic amines) is 1. The third-order valence-electron chi connectivity index (χ3n) is 5.54. The maximum Gasteiger partial charge on any atom is 0.00501 e. The second kappa shape index (κ2) is 5.50. The molecule has 2 nitrogen and oxygen atoms in total. The number of nitrogens with zero attached hydrogens (tertiary/aromatic N) is 1. The molecule has 0 spiro atoms. The Morgan fingerprint density at radius 3 is 2.11 bits per heavy atom. The van der Waals surface area contributed by atoms with Crippen molar-refractivity contribution >= 4 is 0 Å². The summed E-state index contributed by atoms with van der Waals surface area (Å²) in [4.78, 5) is 2.69. The van der Waals surface area contributed by atoms with Crippen LogP contribution < -0.4 is 5.73 Å². The summed E-state index contributed by atoms with van der Waals surface area (Å²) < 4.78 is 0. The lowest BCUT2D eigenvalue weighted by Crippen LogP contribution is -2.48. The Morgan fingerprint density at radius 1 is 1.06 bits per heavy atom. The van der Waals surface area contributed by atoms with Crippen molar-refractivity contribution in [2.75, 3.05) is 26.2 Å². The largest absolute Gasteiger partial charge is 0.330 e. The first-order valence-corrected chi connectivity index (χ1v) is 7.87.